The maximum atomic E-state index is 4.72. The Morgan fingerprint density at radius 2 is 2.10 bits per heavy atom. The minimum atomic E-state index is 0.436. The van der Waals surface area contributed by atoms with Crippen LogP contribution in [0.5, 0.6) is 0 Å². The smallest absolute Gasteiger partial charge is 0.0628 e. The fourth-order valence-electron chi connectivity index (χ4n) is 3.48. The van der Waals surface area contributed by atoms with E-state index in [2.05, 4.69) is 67.4 Å². The molecule has 1 aromatic heterocycles. The van der Waals surface area contributed by atoms with E-state index in [1.165, 1.54) is 29.7 Å². The maximum Gasteiger partial charge on any atom is 0.0628 e. The highest BCUT2D eigenvalue weighted by Crippen LogP contribution is 2.35. The Bertz CT molecular complexity index is 600. The van der Waals surface area contributed by atoms with Gasteiger partial charge >= 0.3 is 0 Å². The fourth-order valence-corrected chi connectivity index (χ4v) is 3.48. The molecule has 3 heteroatoms. The summed E-state index contributed by atoms with van der Waals surface area (Å²) in [6.07, 6.45) is 5.58. The van der Waals surface area contributed by atoms with Crippen LogP contribution in [0.4, 0.5) is 0 Å². The van der Waals surface area contributed by atoms with E-state index < -0.39 is 0 Å². The Morgan fingerprint density at radius 1 is 1.29 bits per heavy atom. The lowest BCUT2D eigenvalue weighted by Crippen LogP contribution is -2.31. The van der Waals surface area contributed by atoms with Crippen molar-refractivity contribution in [3.05, 3.63) is 53.3 Å². The van der Waals surface area contributed by atoms with Gasteiger partial charge in [-0.15, -0.1) is 0 Å². The highest BCUT2D eigenvalue weighted by molar-refractivity contribution is 5.33. The monoisotopic (exact) mass is 283 g/mol. The van der Waals surface area contributed by atoms with Gasteiger partial charge in [0.1, 0.15) is 0 Å². The lowest BCUT2D eigenvalue weighted by Gasteiger charge is -2.33. The van der Waals surface area contributed by atoms with Crippen molar-refractivity contribution in [2.24, 2.45) is 5.92 Å². The van der Waals surface area contributed by atoms with Gasteiger partial charge in [0.2, 0.25) is 0 Å². The molecule has 2 aromatic rings. The third kappa shape index (κ3) is 2.88. The van der Waals surface area contributed by atoms with Gasteiger partial charge < -0.3 is 5.32 Å². The van der Waals surface area contributed by atoms with Gasteiger partial charge in [-0.05, 0) is 63.3 Å². The molecule has 2 atom stereocenters. The number of nitrogens with zero attached hydrogens (tertiary/aromatic N) is 2. The summed E-state index contributed by atoms with van der Waals surface area (Å²) in [7, 11) is 2.08. The van der Waals surface area contributed by atoms with Crippen molar-refractivity contribution in [1.82, 2.24) is 15.1 Å². The first-order valence-electron chi connectivity index (χ1n) is 7.98. The highest BCUT2D eigenvalue weighted by atomic mass is 15.3. The molecule has 0 spiro atoms. The van der Waals surface area contributed by atoms with Crippen LogP contribution < -0.4 is 5.32 Å². The van der Waals surface area contributed by atoms with Gasteiger partial charge in [-0.3, -0.25) is 4.68 Å². The molecule has 0 fully saturated rings. The summed E-state index contributed by atoms with van der Waals surface area (Å²) in [5.41, 5.74) is 4.19. The SMILES string of the molecule is CNC1c2ccccc2CCC1Cc1ccn(C(C)C)n1. The highest BCUT2D eigenvalue weighted by Gasteiger charge is 2.28. The first-order valence-corrected chi connectivity index (χ1v) is 7.98. The molecule has 21 heavy (non-hydrogen) atoms. The Hall–Kier alpha value is -1.61. The molecular weight excluding hydrogens is 258 g/mol. The molecule has 0 aliphatic heterocycles. The topological polar surface area (TPSA) is 29.9 Å². The molecule has 1 aromatic carbocycles. The first-order chi connectivity index (χ1) is 10.2. The van der Waals surface area contributed by atoms with Crippen molar-refractivity contribution in [2.45, 2.75) is 45.2 Å². The molecule has 0 bridgehead atoms. The number of fused-ring (bicyclic) bond motifs is 1. The average molecular weight is 283 g/mol. The third-order valence-electron chi connectivity index (χ3n) is 4.62. The molecule has 1 N–H and O–H groups in total. The molecule has 1 heterocycles. The normalized spacial score (nSPS) is 21.5. The van der Waals surface area contributed by atoms with Crippen molar-refractivity contribution in [3.63, 3.8) is 0 Å². The van der Waals surface area contributed by atoms with E-state index in [4.69, 9.17) is 5.10 Å². The predicted molar refractivity (Wildman–Crippen MR) is 86.4 cm³/mol. The number of benzene rings is 1. The van der Waals surface area contributed by atoms with Crippen molar-refractivity contribution < 1.29 is 0 Å². The zero-order valence-electron chi connectivity index (χ0n) is 13.2. The van der Waals surface area contributed by atoms with Gasteiger partial charge in [0.25, 0.3) is 0 Å². The van der Waals surface area contributed by atoms with Crippen molar-refractivity contribution >= 4 is 0 Å². The van der Waals surface area contributed by atoms with Gasteiger partial charge in [-0.25, -0.2) is 0 Å². The Kier molecular flexibility index (Phi) is 4.11. The largest absolute Gasteiger partial charge is 0.313 e. The second-order valence-corrected chi connectivity index (χ2v) is 6.35. The molecule has 0 saturated carbocycles. The molecule has 1 aliphatic carbocycles. The van der Waals surface area contributed by atoms with E-state index in [9.17, 15) is 0 Å². The minimum absolute atomic E-state index is 0.436. The summed E-state index contributed by atoms with van der Waals surface area (Å²) in [6.45, 7) is 4.34. The number of nitrogens with one attached hydrogen (secondary N) is 1. The molecule has 3 nitrogen and oxygen atoms in total. The zero-order valence-corrected chi connectivity index (χ0v) is 13.2. The Labute approximate surface area is 127 Å². The van der Waals surface area contributed by atoms with E-state index in [-0.39, 0.29) is 0 Å². The van der Waals surface area contributed by atoms with Crippen LogP contribution in [0.1, 0.15) is 49.2 Å². The van der Waals surface area contributed by atoms with Crippen LogP contribution in [0.3, 0.4) is 0 Å². The van der Waals surface area contributed by atoms with Crippen LogP contribution in [-0.2, 0) is 12.8 Å². The molecule has 2 unspecified atom stereocenters. The van der Waals surface area contributed by atoms with Gasteiger partial charge in [0, 0.05) is 18.3 Å². The average Bonchev–Trinajstić information content (AvgIpc) is 2.96. The van der Waals surface area contributed by atoms with Crippen LogP contribution in [-0.4, -0.2) is 16.8 Å². The summed E-state index contributed by atoms with van der Waals surface area (Å²) >= 11 is 0. The van der Waals surface area contributed by atoms with Crippen molar-refractivity contribution in [2.75, 3.05) is 7.05 Å². The van der Waals surface area contributed by atoms with E-state index in [1.54, 1.807) is 0 Å². The van der Waals surface area contributed by atoms with Crippen LogP contribution in [0.15, 0.2) is 36.5 Å². The lowest BCUT2D eigenvalue weighted by molar-refractivity contribution is 0.331. The van der Waals surface area contributed by atoms with Crippen molar-refractivity contribution in [1.29, 1.82) is 0 Å². The Morgan fingerprint density at radius 3 is 2.81 bits per heavy atom. The first kappa shape index (κ1) is 14.3. The summed E-state index contributed by atoms with van der Waals surface area (Å²) in [5, 5.41) is 8.24. The molecule has 112 valence electrons. The molecule has 0 saturated heterocycles. The van der Waals surface area contributed by atoms with Gasteiger partial charge in [0.05, 0.1) is 5.69 Å². The van der Waals surface area contributed by atoms with Crippen LogP contribution in [0.2, 0.25) is 0 Å². The number of hydrogen-bond acceptors (Lipinski definition) is 2. The van der Waals surface area contributed by atoms with Gasteiger partial charge in [0.15, 0.2) is 0 Å². The maximum absolute atomic E-state index is 4.72. The summed E-state index contributed by atoms with van der Waals surface area (Å²) in [6, 6.07) is 11.9. The fraction of sp³-hybridized carbons (Fsp3) is 0.500. The van der Waals surface area contributed by atoms with Crippen LogP contribution in [0, 0.1) is 5.92 Å². The molecule has 0 radical (unpaired) electrons. The second-order valence-electron chi connectivity index (χ2n) is 6.35. The number of hydrogen-bond donors (Lipinski definition) is 1. The van der Waals surface area contributed by atoms with Gasteiger partial charge in [-0.1, -0.05) is 24.3 Å². The zero-order chi connectivity index (χ0) is 14.8. The van der Waals surface area contributed by atoms with E-state index >= 15 is 0 Å². The number of aromatic nitrogens is 2. The summed E-state index contributed by atoms with van der Waals surface area (Å²) < 4.78 is 2.06. The quantitative estimate of drug-likeness (QED) is 0.930. The molecule has 0 amide bonds. The standard InChI is InChI=1S/C18H25N3/c1-13(2)21-11-10-16(20-21)12-15-9-8-14-6-4-5-7-17(14)18(15)19-3/h4-7,10-11,13,15,18-19H,8-9,12H2,1-3H3. The lowest BCUT2D eigenvalue weighted by atomic mass is 9.77. The minimum Gasteiger partial charge on any atom is -0.313 e. The van der Waals surface area contributed by atoms with Crippen LogP contribution >= 0.6 is 0 Å². The predicted octanol–water partition coefficient (Wildman–Crippen LogP) is 3.53. The second kappa shape index (κ2) is 6.02. The summed E-state index contributed by atoms with van der Waals surface area (Å²) in [5.74, 6) is 0.625. The van der Waals surface area contributed by atoms with Crippen molar-refractivity contribution in [3.8, 4) is 0 Å². The van der Waals surface area contributed by atoms with Gasteiger partial charge in [-0.2, -0.15) is 5.10 Å². The van der Waals surface area contributed by atoms with E-state index in [0.29, 0.717) is 18.0 Å². The van der Waals surface area contributed by atoms with Crippen LogP contribution in [0.25, 0.3) is 0 Å². The van der Waals surface area contributed by atoms with E-state index in [1.807, 2.05) is 0 Å². The molecule has 3 rings (SSSR count). The number of aryl methyl sites for hydroxylation is 1. The molecule has 1 aliphatic rings. The molecular formula is C18H25N3. The summed E-state index contributed by atoms with van der Waals surface area (Å²) in [4.78, 5) is 0. The number of rotatable bonds is 4. The Balaban J connectivity index is 1.79. The van der Waals surface area contributed by atoms with E-state index in [0.717, 1.165) is 6.42 Å². The third-order valence-corrected chi connectivity index (χ3v) is 4.62.